The molecule has 2 aliphatic heterocycles. The van der Waals surface area contributed by atoms with Gasteiger partial charge in [-0.25, -0.2) is 0 Å². The molecule has 2 N–H and O–H groups in total. The highest BCUT2D eigenvalue weighted by Crippen LogP contribution is 2.20. The van der Waals surface area contributed by atoms with Crippen LogP contribution in [-0.4, -0.2) is 54.2 Å². The average Bonchev–Trinajstić information content (AvgIpc) is 2.63. The van der Waals surface area contributed by atoms with E-state index in [9.17, 15) is 4.79 Å². The van der Waals surface area contributed by atoms with Gasteiger partial charge in [0.05, 0.1) is 0 Å². The number of anilines is 1. The number of nitrogens with one attached hydrogen (secondary N) is 2. The first-order chi connectivity index (χ1) is 12.1. The number of ether oxygens (including phenoxy) is 1. The molecule has 1 aromatic carbocycles. The lowest BCUT2D eigenvalue weighted by Crippen LogP contribution is -2.49. The van der Waals surface area contributed by atoms with Crippen molar-refractivity contribution in [1.29, 1.82) is 0 Å². The van der Waals surface area contributed by atoms with Gasteiger partial charge in [-0.1, -0.05) is 0 Å². The van der Waals surface area contributed by atoms with E-state index in [-0.39, 0.29) is 5.78 Å². The number of carbonyl (C=O) groups excluding carboxylic acids is 1. The van der Waals surface area contributed by atoms with Crippen molar-refractivity contribution in [2.75, 3.05) is 31.6 Å². The molecule has 2 heterocycles. The van der Waals surface area contributed by atoms with Crippen molar-refractivity contribution in [3.8, 4) is 0 Å². The summed E-state index contributed by atoms with van der Waals surface area (Å²) in [6.45, 7) is 5.62. The van der Waals surface area contributed by atoms with Crippen molar-refractivity contribution in [3.05, 3.63) is 29.8 Å². The SMILES string of the molecule is CC(=O)c1ccc(NC(=S)NC2CCN(C3CCOCC3)CC2)cc1. The fourth-order valence-electron chi connectivity index (χ4n) is 3.60. The third-order valence-corrected chi connectivity index (χ3v) is 5.34. The van der Waals surface area contributed by atoms with Crippen LogP contribution in [0.2, 0.25) is 0 Å². The van der Waals surface area contributed by atoms with Crippen LogP contribution in [0.1, 0.15) is 43.0 Å². The van der Waals surface area contributed by atoms with Gasteiger partial charge >= 0.3 is 0 Å². The molecule has 1 aromatic rings. The molecule has 0 radical (unpaired) electrons. The molecule has 0 unspecified atom stereocenters. The van der Waals surface area contributed by atoms with Gasteiger partial charge in [0.2, 0.25) is 0 Å². The first kappa shape index (κ1) is 18.3. The third-order valence-electron chi connectivity index (χ3n) is 5.12. The molecule has 25 heavy (non-hydrogen) atoms. The highest BCUT2D eigenvalue weighted by atomic mass is 32.1. The van der Waals surface area contributed by atoms with Gasteiger partial charge in [0.25, 0.3) is 0 Å². The summed E-state index contributed by atoms with van der Waals surface area (Å²) in [7, 11) is 0. The quantitative estimate of drug-likeness (QED) is 0.635. The number of benzene rings is 1. The summed E-state index contributed by atoms with van der Waals surface area (Å²) in [6.07, 6.45) is 4.55. The predicted octanol–water partition coefficient (Wildman–Crippen LogP) is 2.82. The summed E-state index contributed by atoms with van der Waals surface area (Å²) in [6, 6.07) is 8.53. The Bertz CT molecular complexity index is 591. The van der Waals surface area contributed by atoms with Gasteiger partial charge in [-0.05, 0) is 69.1 Å². The Hall–Kier alpha value is -1.50. The van der Waals surface area contributed by atoms with Crippen molar-refractivity contribution in [3.63, 3.8) is 0 Å². The summed E-state index contributed by atoms with van der Waals surface area (Å²) in [5.41, 5.74) is 1.62. The molecule has 2 fully saturated rings. The van der Waals surface area contributed by atoms with Crippen LogP contribution < -0.4 is 10.6 Å². The van der Waals surface area contributed by atoms with Crippen molar-refractivity contribution in [2.24, 2.45) is 0 Å². The maximum Gasteiger partial charge on any atom is 0.170 e. The minimum Gasteiger partial charge on any atom is -0.381 e. The Morgan fingerprint density at radius 2 is 1.76 bits per heavy atom. The fraction of sp³-hybridized carbons (Fsp3) is 0.579. The second-order valence-corrected chi connectivity index (χ2v) is 7.29. The summed E-state index contributed by atoms with van der Waals surface area (Å²) < 4.78 is 5.46. The molecule has 6 heteroatoms. The van der Waals surface area contributed by atoms with E-state index in [1.165, 1.54) is 0 Å². The summed E-state index contributed by atoms with van der Waals surface area (Å²) in [4.78, 5) is 13.9. The number of nitrogens with zero attached hydrogens (tertiary/aromatic N) is 1. The van der Waals surface area contributed by atoms with Gasteiger partial charge in [0.1, 0.15) is 0 Å². The van der Waals surface area contributed by atoms with Crippen LogP contribution in [0.4, 0.5) is 5.69 Å². The number of hydrogen-bond acceptors (Lipinski definition) is 4. The molecule has 136 valence electrons. The monoisotopic (exact) mass is 361 g/mol. The second kappa shape index (κ2) is 8.74. The number of hydrogen-bond donors (Lipinski definition) is 2. The van der Waals surface area contributed by atoms with E-state index >= 15 is 0 Å². The minimum atomic E-state index is 0.0727. The average molecular weight is 362 g/mol. The van der Waals surface area contributed by atoms with E-state index in [4.69, 9.17) is 17.0 Å². The Labute approximate surface area is 155 Å². The number of thiocarbonyl (C=S) groups is 1. The summed E-state index contributed by atoms with van der Waals surface area (Å²) >= 11 is 5.44. The van der Waals surface area contributed by atoms with Crippen LogP contribution in [-0.2, 0) is 4.74 Å². The maximum absolute atomic E-state index is 11.3. The molecule has 0 amide bonds. The van der Waals surface area contributed by atoms with Gasteiger partial charge in [0, 0.05) is 49.6 Å². The van der Waals surface area contributed by atoms with Crippen LogP contribution in [0.15, 0.2) is 24.3 Å². The Morgan fingerprint density at radius 3 is 2.36 bits per heavy atom. The van der Waals surface area contributed by atoms with E-state index < -0.39 is 0 Å². The van der Waals surface area contributed by atoms with Gasteiger partial charge < -0.3 is 20.3 Å². The van der Waals surface area contributed by atoms with E-state index in [1.807, 2.05) is 24.3 Å². The zero-order valence-electron chi connectivity index (χ0n) is 14.8. The molecule has 0 saturated carbocycles. The van der Waals surface area contributed by atoms with E-state index in [2.05, 4.69) is 15.5 Å². The molecule has 0 atom stereocenters. The number of Topliss-reactive ketones (excluding diaryl/α,β-unsaturated/α-hetero) is 1. The van der Waals surface area contributed by atoms with Gasteiger partial charge in [-0.15, -0.1) is 0 Å². The van der Waals surface area contributed by atoms with E-state index in [0.29, 0.717) is 22.8 Å². The van der Waals surface area contributed by atoms with E-state index in [0.717, 1.165) is 57.7 Å². The van der Waals surface area contributed by atoms with Crippen LogP contribution in [0.25, 0.3) is 0 Å². The molecule has 2 saturated heterocycles. The number of ketones is 1. The van der Waals surface area contributed by atoms with Gasteiger partial charge in [-0.3, -0.25) is 4.79 Å². The highest BCUT2D eigenvalue weighted by molar-refractivity contribution is 7.80. The normalized spacial score (nSPS) is 20.2. The smallest absolute Gasteiger partial charge is 0.170 e. The molecule has 2 aliphatic rings. The molecule has 0 spiro atoms. The number of rotatable bonds is 4. The number of likely N-dealkylation sites (tertiary alicyclic amines) is 1. The molecule has 0 aliphatic carbocycles. The van der Waals surface area contributed by atoms with Crippen molar-refractivity contribution in [1.82, 2.24) is 10.2 Å². The Morgan fingerprint density at radius 1 is 1.12 bits per heavy atom. The number of carbonyl (C=O) groups is 1. The molecule has 0 aromatic heterocycles. The maximum atomic E-state index is 11.3. The van der Waals surface area contributed by atoms with Gasteiger partial charge in [-0.2, -0.15) is 0 Å². The lowest BCUT2D eigenvalue weighted by molar-refractivity contribution is 0.0247. The fourth-order valence-corrected chi connectivity index (χ4v) is 3.88. The van der Waals surface area contributed by atoms with Crippen LogP contribution in [0.3, 0.4) is 0 Å². The third kappa shape index (κ3) is 5.23. The van der Waals surface area contributed by atoms with Crippen LogP contribution in [0, 0.1) is 0 Å². The van der Waals surface area contributed by atoms with E-state index in [1.54, 1.807) is 6.92 Å². The Balaban J connectivity index is 1.42. The molecule has 0 bridgehead atoms. The topological polar surface area (TPSA) is 53.6 Å². The largest absolute Gasteiger partial charge is 0.381 e. The molecule has 5 nitrogen and oxygen atoms in total. The predicted molar refractivity (Wildman–Crippen MR) is 104 cm³/mol. The first-order valence-corrected chi connectivity index (χ1v) is 9.53. The lowest BCUT2D eigenvalue weighted by Gasteiger charge is -2.39. The van der Waals surface area contributed by atoms with Crippen molar-refractivity contribution in [2.45, 2.75) is 44.7 Å². The zero-order valence-corrected chi connectivity index (χ0v) is 15.6. The molecule has 3 rings (SSSR count). The minimum absolute atomic E-state index is 0.0727. The standard InChI is InChI=1S/C19H27N3O2S/c1-14(23)15-2-4-16(5-3-15)20-19(25)21-17-6-10-22(11-7-17)18-8-12-24-13-9-18/h2-5,17-18H,6-13H2,1H3,(H2,20,21,25). The van der Waals surface area contributed by atoms with Gasteiger partial charge in [0.15, 0.2) is 10.9 Å². The summed E-state index contributed by atoms with van der Waals surface area (Å²) in [5.74, 6) is 0.0727. The molecular weight excluding hydrogens is 334 g/mol. The molecular formula is C19H27N3O2S. The second-order valence-electron chi connectivity index (χ2n) is 6.89. The van der Waals surface area contributed by atoms with Crippen LogP contribution >= 0.6 is 12.2 Å². The van der Waals surface area contributed by atoms with Crippen LogP contribution in [0.5, 0.6) is 0 Å². The van der Waals surface area contributed by atoms with Crippen molar-refractivity contribution < 1.29 is 9.53 Å². The lowest BCUT2D eigenvalue weighted by atomic mass is 10.00. The number of piperidine rings is 1. The van der Waals surface area contributed by atoms with Crippen molar-refractivity contribution >= 4 is 28.8 Å². The Kier molecular flexibility index (Phi) is 6.39. The summed E-state index contributed by atoms with van der Waals surface area (Å²) in [5, 5.41) is 7.29. The highest BCUT2D eigenvalue weighted by Gasteiger charge is 2.26. The zero-order chi connectivity index (χ0) is 17.6. The first-order valence-electron chi connectivity index (χ1n) is 9.12.